The van der Waals surface area contributed by atoms with Crippen LogP contribution in [0.3, 0.4) is 0 Å². The van der Waals surface area contributed by atoms with Crippen LogP contribution in [0, 0.1) is 17.0 Å². The smallest absolute Gasteiger partial charge is 0.306 e. The van der Waals surface area contributed by atoms with Gasteiger partial charge in [0.2, 0.25) is 0 Å². The average molecular weight is 230 g/mol. The van der Waals surface area contributed by atoms with E-state index in [-0.39, 0.29) is 29.1 Å². The summed E-state index contributed by atoms with van der Waals surface area (Å²) in [5.41, 5.74) is 0. The minimum absolute atomic E-state index is 0.0549. The van der Waals surface area contributed by atoms with Gasteiger partial charge >= 0.3 is 5.97 Å². The summed E-state index contributed by atoms with van der Waals surface area (Å²) in [5.74, 6) is 0.137. The topological polar surface area (TPSA) is 72.8 Å². The van der Waals surface area contributed by atoms with Gasteiger partial charge in [-0.25, -0.2) is 0 Å². The summed E-state index contributed by atoms with van der Waals surface area (Å²) in [6.07, 6.45) is 2.61. The molecule has 16 heavy (non-hydrogen) atoms. The molecule has 0 amide bonds. The van der Waals surface area contributed by atoms with E-state index in [9.17, 15) is 10.0 Å². The number of hydrogen-bond acceptors (Lipinski definition) is 5. The van der Waals surface area contributed by atoms with Crippen LogP contribution in [-0.4, -0.2) is 29.1 Å². The first kappa shape index (κ1) is 13.4. The molecule has 0 radical (unpaired) electrons. The number of rotatable bonds is 5. The normalized spacial score (nSPS) is 29.7. The molecule has 1 aliphatic rings. The summed E-state index contributed by atoms with van der Waals surface area (Å²) in [5, 5.41) is 20.0. The zero-order valence-corrected chi connectivity index (χ0v) is 9.89. The molecule has 0 aromatic carbocycles. The van der Waals surface area contributed by atoms with Crippen LogP contribution in [0.5, 0.6) is 0 Å². The first-order valence-corrected chi connectivity index (χ1v) is 5.89. The fourth-order valence-corrected chi connectivity index (χ4v) is 2.55. The van der Waals surface area contributed by atoms with Crippen LogP contribution in [-0.2, 0) is 9.53 Å². The number of hydroxylamine groups is 2. The van der Waals surface area contributed by atoms with Crippen LogP contribution in [0.25, 0.3) is 0 Å². The molecule has 0 saturated heterocycles. The molecular weight excluding hydrogens is 210 g/mol. The number of nitrogens with zero attached hydrogens (tertiary/aromatic N) is 1. The van der Waals surface area contributed by atoms with Gasteiger partial charge in [-0.2, -0.15) is 0 Å². The summed E-state index contributed by atoms with van der Waals surface area (Å²) in [4.78, 5) is 11.3. The van der Waals surface area contributed by atoms with E-state index in [0.29, 0.717) is 19.4 Å². The Morgan fingerprint density at radius 2 is 2.19 bits per heavy atom. The Morgan fingerprint density at radius 1 is 1.50 bits per heavy atom. The second-order valence-corrected chi connectivity index (χ2v) is 4.38. The van der Waals surface area contributed by atoms with E-state index in [2.05, 4.69) is 0 Å². The Labute approximate surface area is 95.9 Å². The van der Waals surface area contributed by atoms with Gasteiger partial charge < -0.3 is 15.2 Å². The van der Waals surface area contributed by atoms with E-state index >= 15 is 0 Å². The quantitative estimate of drug-likeness (QED) is 0.577. The monoisotopic (exact) mass is 230 g/mol. The lowest BCUT2D eigenvalue weighted by Gasteiger charge is -2.31. The third kappa shape index (κ3) is 3.43. The van der Waals surface area contributed by atoms with E-state index in [1.807, 2.05) is 6.92 Å². The molecule has 0 bridgehead atoms. The van der Waals surface area contributed by atoms with Crippen LogP contribution >= 0.6 is 0 Å². The fraction of sp³-hybridized carbons (Fsp3) is 0.909. The number of hydrogen-bond donors (Lipinski definition) is 1. The molecule has 5 nitrogen and oxygen atoms in total. The first-order chi connectivity index (χ1) is 7.58. The summed E-state index contributed by atoms with van der Waals surface area (Å²) >= 11 is 0. The van der Waals surface area contributed by atoms with Gasteiger partial charge in [0.15, 0.2) is 0 Å². The second-order valence-electron chi connectivity index (χ2n) is 4.38. The minimum atomic E-state index is -0.357. The van der Waals surface area contributed by atoms with Crippen molar-refractivity contribution in [1.29, 1.82) is 0 Å². The third-order valence-corrected chi connectivity index (χ3v) is 3.32. The Morgan fingerprint density at radius 3 is 2.62 bits per heavy atom. The largest absolute Gasteiger partial charge is 0.762 e. The Balaban J connectivity index is 2.44. The van der Waals surface area contributed by atoms with E-state index in [4.69, 9.17) is 9.94 Å². The maximum Gasteiger partial charge on any atom is 0.306 e. The first-order valence-electron chi connectivity index (χ1n) is 5.89. The SMILES string of the molecule is CCOC(=O)CC1C[C@@H](CC)[C@@H](N([O-])O)C1. The molecule has 0 aromatic rings. The number of esters is 1. The highest BCUT2D eigenvalue weighted by Gasteiger charge is 2.34. The summed E-state index contributed by atoms with van der Waals surface area (Å²) in [6, 6.07) is -0.357. The van der Waals surface area contributed by atoms with Crippen molar-refractivity contribution in [2.24, 2.45) is 11.8 Å². The maximum absolute atomic E-state index is 11.3. The molecule has 1 rings (SSSR count). The van der Waals surface area contributed by atoms with Crippen molar-refractivity contribution in [2.75, 3.05) is 6.61 Å². The van der Waals surface area contributed by atoms with Gasteiger partial charge in [0.05, 0.1) is 6.61 Å². The molecule has 0 aliphatic heterocycles. The zero-order chi connectivity index (χ0) is 12.1. The van der Waals surface area contributed by atoms with E-state index in [1.54, 1.807) is 6.92 Å². The lowest BCUT2D eigenvalue weighted by molar-refractivity contribution is -0.144. The van der Waals surface area contributed by atoms with E-state index in [1.165, 1.54) is 0 Å². The number of ether oxygens (including phenoxy) is 1. The molecule has 1 aliphatic carbocycles. The summed E-state index contributed by atoms with van der Waals surface area (Å²) < 4.78 is 4.88. The van der Waals surface area contributed by atoms with E-state index < -0.39 is 0 Å². The molecule has 94 valence electrons. The standard InChI is InChI=1S/C11H20NO4/c1-3-9-5-8(6-10(9)12(14)15)7-11(13)16-4-2/h8-10,14H,3-7H2,1-2H3/q-1/t8?,9-,10+/m1/s1. The van der Waals surface area contributed by atoms with Gasteiger partial charge in [-0.05, 0) is 31.6 Å². The highest BCUT2D eigenvalue weighted by atomic mass is 16.8. The fourth-order valence-electron chi connectivity index (χ4n) is 2.55. The molecule has 0 spiro atoms. The molecule has 3 atom stereocenters. The second kappa shape index (κ2) is 6.18. The van der Waals surface area contributed by atoms with Crippen molar-refractivity contribution in [2.45, 2.75) is 45.6 Å². The van der Waals surface area contributed by atoms with Gasteiger partial charge in [0, 0.05) is 12.5 Å². The number of carbonyl (C=O) groups is 1. The lowest BCUT2D eigenvalue weighted by atomic mass is 9.99. The van der Waals surface area contributed by atoms with Gasteiger partial charge in [-0.1, -0.05) is 13.3 Å². The van der Waals surface area contributed by atoms with Crippen LogP contribution in [0.1, 0.15) is 39.5 Å². The van der Waals surface area contributed by atoms with Gasteiger partial charge in [-0.15, -0.1) is 0 Å². The van der Waals surface area contributed by atoms with Crippen molar-refractivity contribution in [3.63, 3.8) is 0 Å². The van der Waals surface area contributed by atoms with Crippen LogP contribution in [0.2, 0.25) is 0 Å². The maximum atomic E-state index is 11.3. The van der Waals surface area contributed by atoms with Gasteiger partial charge in [-0.3, -0.25) is 10.0 Å². The molecule has 1 saturated carbocycles. The van der Waals surface area contributed by atoms with Crippen LogP contribution in [0.15, 0.2) is 0 Å². The summed E-state index contributed by atoms with van der Waals surface area (Å²) in [7, 11) is 0. The molecular formula is C11H20NO4-. The predicted molar refractivity (Wildman–Crippen MR) is 58.5 cm³/mol. The average Bonchev–Trinajstić information content (AvgIpc) is 2.61. The summed E-state index contributed by atoms with van der Waals surface area (Å²) in [6.45, 7) is 4.16. The number of carbonyl (C=O) groups excluding carboxylic acids is 1. The van der Waals surface area contributed by atoms with Crippen LogP contribution in [0.4, 0.5) is 0 Å². The Kier molecular flexibility index (Phi) is 5.18. The van der Waals surface area contributed by atoms with Gasteiger partial charge in [0.1, 0.15) is 0 Å². The molecule has 1 unspecified atom stereocenters. The van der Waals surface area contributed by atoms with Crippen LogP contribution < -0.4 is 0 Å². The van der Waals surface area contributed by atoms with Crippen molar-refractivity contribution in [1.82, 2.24) is 5.23 Å². The zero-order valence-electron chi connectivity index (χ0n) is 9.89. The molecule has 0 aromatic heterocycles. The van der Waals surface area contributed by atoms with Crippen molar-refractivity contribution in [3.8, 4) is 0 Å². The highest BCUT2D eigenvalue weighted by Crippen LogP contribution is 2.37. The van der Waals surface area contributed by atoms with Crippen molar-refractivity contribution < 1.29 is 14.7 Å². The Bertz CT molecular complexity index is 232. The Hall–Kier alpha value is -0.650. The molecule has 1 N–H and O–H groups in total. The minimum Gasteiger partial charge on any atom is -0.762 e. The van der Waals surface area contributed by atoms with E-state index in [0.717, 1.165) is 12.8 Å². The molecule has 5 heteroatoms. The highest BCUT2D eigenvalue weighted by molar-refractivity contribution is 5.69. The van der Waals surface area contributed by atoms with Gasteiger partial charge in [0.25, 0.3) is 0 Å². The third-order valence-electron chi connectivity index (χ3n) is 3.32. The molecule has 0 heterocycles. The van der Waals surface area contributed by atoms with Crippen molar-refractivity contribution in [3.05, 3.63) is 5.21 Å². The predicted octanol–water partition coefficient (Wildman–Crippen LogP) is 1.93. The lowest BCUT2D eigenvalue weighted by Crippen LogP contribution is -2.30. The molecule has 1 fully saturated rings. The van der Waals surface area contributed by atoms with Crippen molar-refractivity contribution >= 4 is 5.97 Å².